The second kappa shape index (κ2) is 4.57. The fourth-order valence-corrected chi connectivity index (χ4v) is 1.27. The van der Waals surface area contributed by atoms with Crippen LogP contribution in [0.15, 0.2) is 29.6 Å². The van der Waals surface area contributed by atoms with Gasteiger partial charge in [0.25, 0.3) is 0 Å². The van der Waals surface area contributed by atoms with E-state index >= 15 is 0 Å². The van der Waals surface area contributed by atoms with Crippen LogP contribution in [0.3, 0.4) is 0 Å². The van der Waals surface area contributed by atoms with Crippen molar-refractivity contribution in [3.63, 3.8) is 0 Å². The fourth-order valence-electron chi connectivity index (χ4n) is 1.27. The standard InChI is InChI=1S/C9H14N4O/c1-13(2)8(9(10)12-14)7-5-3-4-6-11-7/h3-6,8,14H,1-2H3,(H2,10,12). The predicted octanol–water partition coefficient (Wildman–Crippen LogP) is 0.431. The molecule has 0 saturated heterocycles. The molecule has 0 bridgehead atoms. The van der Waals surface area contributed by atoms with Crippen LogP contribution in [0.1, 0.15) is 11.7 Å². The summed E-state index contributed by atoms with van der Waals surface area (Å²) in [6, 6.07) is 5.23. The topological polar surface area (TPSA) is 74.7 Å². The molecule has 1 aromatic heterocycles. The van der Waals surface area contributed by atoms with Gasteiger partial charge in [-0.2, -0.15) is 0 Å². The summed E-state index contributed by atoms with van der Waals surface area (Å²) in [6.45, 7) is 0. The van der Waals surface area contributed by atoms with Crippen molar-refractivity contribution in [2.75, 3.05) is 14.1 Å². The molecule has 1 heterocycles. The number of nitrogens with zero attached hydrogens (tertiary/aromatic N) is 3. The molecular formula is C9H14N4O. The van der Waals surface area contributed by atoms with Crippen LogP contribution in [0.4, 0.5) is 0 Å². The third-order valence-electron chi connectivity index (χ3n) is 1.88. The molecule has 0 aliphatic rings. The first-order valence-electron chi connectivity index (χ1n) is 4.21. The van der Waals surface area contributed by atoms with Gasteiger partial charge in [-0.15, -0.1) is 0 Å². The lowest BCUT2D eigenvalue weighted by atomic mass is 10.1. The molecule has 5 heteroatoms. The molecule has 0 saturated carbocycles. The molecule has 0 aliphatic heterocycles. The Kier molecular flexibility index (Phi) is 3.41. The third-order valence-corrected chi connectivity index (χ3v) is 1.88. The molecule has 1 aromatic rings. The van der Waals surface area contributed by atoms with E-state index < -0.39 is 0 Å². The first-order chi connectivity index (χ1) is 6.66. The number of rotatable bonds is 3. The number of oxime groups is 1. The highest BCUT2D eigenvalue weighted by molar-refractivity contribution is 5.85. The summed E-state index contributed by atoms with van der Waals surface area (Å²) in [5.74, 6) is 0.133. The summed E-state index contributed by atoms with van der Waals surface area (Å²) >= 11 is 0. The Balaban J connectivity index is 3.01. The van der Waals surface area contributed by atoms with Crippen molar-refractivity contribution in [3.05, 3.63) is 30.1 Å². The first-order valence-corrected chi connectivity index (χ1v) is 4.21. The van der Waals surface area contributed by atoms with Gasteiger partial charge in [-0.05, 0) is 26.2 Å². The van der Waals surface area contributed by atoms with Gasteiger partial charge in [0.2, 0.25) is 0 Å². The SMILES string of the molecule is CN(C)C(/C(N)=N/O)c1ccccn1. The van der Waals surface area contributed by atoms with Crippen LogP contribution in [0.25, 0.3) is 0 Å². The number of amidine groups is 1. The minimum Gasteiger partial charge on any atom is -0.409 e. The van der Waals surface area contributed by atoms with Gasteiger partial charge < -0.3 is 10.9 Å². The molecule has 76 valence electrons. The highest BCUT2D eigenvalue weighted by Gasteiger charge is 2.19. The van der Waals surface area contributed by atoms with Crippen LogP contribution in [0.2, 0.25) is 0 Å². The van der Waals surface area contributed by atoms with Crippen molar-refractivity contribution in [3.8, 4) is 0 Å². The van der Waals surface area contributed by atoms with Gasteiger partial charge in [-0.1, -0.05) is 11.2 Å². The number of pyridine rings is 1. The van der Waals surface area contributed by atoms with Gasteiger partial charge in [0.1, 0.15) is 6.04 Å². The maximum absolute atomic E-state index is 8.62. The highest BCUT2D eigenvalue weighted by Crippen LogP contribution is 2.14. The molecule has 0 aliphatic carbocycles. The molecule has 1 atom stereocenters. The number of nitrogens with two attached hydrogens (primary N) is 1. The van der Waals surface area contributed by atoms with Gasteiger partial charge >= 0.3 is 0 Å². The smallest absolute Gasteiger partial charge is 0.162 e. The molecule has 5 nitrogen and oxygen atoms in total. The Morgan fingerprint density at radius 2 is 2.29 bits per heavy atom. The number of aromatic nitrogens is 1. The Morgan fingerprint density at radius 3 is 2.71 bits per heavy atom. The van der Waals surface area contributed by atoms with Gasteiger partial charge in [0.15, 0.2) is 5.84 Å². The summed E-state index contributed by atoms with van der Waals surface area (Å²) < 4.78 is 0. The molecule has 14 heavy (non-hydrogen) atoms. The fraction of sp³-hybridized carbons (Fsp3) is 0.333. The Morgan fingerprint density at radius 1 is 1.57 bits per heavy atom. The highest BCUT2D eigenvalue weighted by atomic mass is 16.4. The zero-order valence-corrected chi connectivity index (χ0v) is 8.25. The predicted molar refractivity (Wildman–Crippen MR) is 54.1 cm³/mol. The van der Waals surface area contributed by atoms with E-state index in [-0.39, 0.29) is 11.9 Å². The van der Waals surface area contributed by atoms with Crippen molar-refractivity contribution >= 4 is 5.84 Å². The van der Waals surface area contributed by atoms with Crippen molar-refractivity contribution in [2.45, 2.75) is 6.04 Å². The average Bonchev–Trinajstić information content (AvgIpc) is 2.19. The number of hydrogen-bond acceptors (Lipinski definition) is 4. The van der Waals surface area contributed by atoms with Crippen molar-refractivity contribution in [2.24, 2.45) is 10.9 Å². The molecule has 0 radical (unpaired) electrons. The van der Waals surface area contributed by atoms with Crippen molar-refractivity contribution in [1.82, 2.24) is 9.88 Å². The number of hydrogen-bond donors (Lipinski definition) is 2. The van der Waals surface area contributed by atoms with Crippen molar-refractivity contribution in [1.29, 1.82) is 0 Å². The minimum absolute atomic E-state index is 0.133. The van der Waals surface area contributed by atoms with Crippen molar-refractivity contribution < 1.29 is 5.21 Å². The van der Waals surface area contributed by atoms with E-state index in [1.54, 1.807) is 6.20 Å². The van der Waals surface area contributed by atoms with E-state index in [2.05, 4.69) is 10.1 Å². The van der Waals surface area contributed by atoms with Crippen LogP contribution in [0, 0.1) is 0 Å². The van der Waals surface area contributed by atoms with E-state index in [1.165, 1.54) is 0 Å². The van der Waals surface area contributed by atoms with E-state index in [9.17, 15) is 0 Å². The average molecular weight is 194 g/mol. The van der Waals surface area contributed by atoms with E-state index in [0.29, 0.717) is 0 Å². The minimum atomic E-state index is -0.291. The lowest BCUT2D eigenvalue weighted by Gasteiger charge is -2.21. The summed E-state index contributed by atoms with van der Waals surface area (Å²) in [5.41, 5.74) is 6.33. The quantitative estimate of drug-likeness (QED) is 0.317. The molecule has 3 N–H and O–H groups in total. The molecule has 0 spiro atoms. The Hall–Kier alpha value is -1.62. The first kappa shape index (κ1) is 10.5. The van der Waals surface area contributed by atoms with Gasteiger partial charge in [0, 0.05) is 6.20 Å². The molecule has 1 unspecified atom stereocenters. The normalized spacial score (nSPS) is 14.4. The van der Waals surface area contributed by atoms with Crippen LogP contribution in [-0.4, -0.2) is 35.0 Å². The van der Waals surface area contributed by atoms with Crippen LogP contribution >= 0.6 is 0 Å². The van der Waals surface area contributed by atoms with Gasteiger partial charge in [-0.3, -0.25) is 9.88 Å². The lowest BCUT2D eigenvalue weighted by molar-refractivity contribution is 0.300. The maximum atomic E-state index is 8.62. The van der Waals surface area contributed by atoms with E-state index in [0.717, 1.165) is 5.69 Å². The number of likely N-dealkylation sites (N-methyl/N-ethyl adjacent to an activating group) is 1. The van der Waals surface area contributed by atoms with Gasteiger partial charge in [-0.25, -0.2) is 0 Å². The van der Waals surface area contributed by atoms with Crippen LogP contribution in [-0.2, 0) is 0 Å². The Labute approximate surface area is 82.9 Å². The molecular weight excluding hydrogens is 180 g/mol. The monoisotopic (exact) mass is 194 g/mol. The molecule has 0 fully saturated rings. The van der Waals surface area contributed by atoms with E-state index in [1.807, 2.05) is 37.2 Å². The van der Waals surface area contributed by atoms with Crippen LogP contribution < -0.4 is 5.73 Å². The summed E-state index contributed by atoms with van der Waals surface area (Å²) in [6.07, 6.45) is 1.68. The Bertz CT molecular complexity index is 310. The summed E-state index contributed by atoms with van der Waals surface area (Å²) in [4.78, 5) is 5.99. The molecule has 0 aromatic carbocycles. The summed E-state index contributed by atoms with van der Waals surface area (Å²) in [5, 5.41) is 11.6. The van der Waals surface area contributed by atoms with Gasteiger partial charge in [0.05, 0.1) is 5.69 Å². The lowest BCUT2D eigenvalue weighted by Crippen LogP contribution is -2.33. The third kappa shape index (κ3) is 2.20. The maximum Gasteiger partial charge on any atom is 0.162 e. The largest absolute Gasteiger partial charge is 0.409 e. The summed E-state index contributed by atoms with van der Waals surface area (Å²) in [7, 11) is 3.69. The molecule has 0 amide bonds. The zero-order chi connectivity index (χ0) is 10.6. The second-order valence-corrected chi connectivity index (χ2v) is 3.15. The second-order valence-electron chi connectivity index (χ2n) is 3.15. The zero-order valence-electron chi connectivity index (χ0n) is 8.25. The van der Waals surface area contributed by atoms with Crippen LogP contribution in [0.5, 0.6) is 0 Å². The molecule has 1 rings (SSSR count). The van der Waals surface area contributed by atoms with E-state index in [4.69, 9.17) is 10.9 Å².